The van der Waals surface area contributed by atoms with Crippen LogP contribution in [0.4, 0.5) is 11.4 Å². The van der Waals surface area contributed by atoms with E-state index in [0.29, 0.717) is 37.2 Å². The molecule has 0 radical (unpaired) electrons. The molecular weight excluding hydrogens is 404 g/mol. The topological polar surface area (TPSA) is 84.5 Å². The molecule has 2 amide bonds. The number of rotatable bonds is 7. The number of cyclic esters (lactones) is 1. The van der Waals surface area contributed by atoms with Crippen molar-refractivity contribution >= 4 is 29.2 Å². The van der Waals surface area contributed by atoms with Gasteiger partial charge in [0.1, 0.15) is 0 Å². The molecular formula is C26H28N2O4. The van der Waals surface area contributed by atoms with Crippen LogP contribution in [-0.2, 0) is 32.0 Å². The Morgan fingerprint density at radius 2 is 1.81 bits per heavy atom. The maximum Gasteiger partial charge on any atom is 0.313 e. The Labute approximate surface area is 188 Å². The number of hydrogen-bond acceptors (Lipinski definition) is 4. The zero-order valence-corrected chi connectivity index (χ0v) is 18.3. The molecule has 4 rings (SSSR count). The molecule has 2 aromatic carbocycles. The van der Waals surface area contributed by atoms with Crippen LogP contribution in [0.2, 0.25) is 0 Å². The fraction of sp³-hybridized carbons (Fsp3) is 0.346. The van der Waals surface area contributed by atoms with Crippen molar-refractivity contribution in [3.05, 3.63) is 71.8 Å². The van der Waals surface area contributed by atoms with Crippen LogP contribution in [0.25, 0.3) is 0 Å². The lowest BCUT2D eigenvalue weighted by Crippen LogP contribution is -2.31. The van der Waals surface area contributed by atoms with Gasteiger partial charge in [-0.3, -0.25) is 14.4 Å². The van der Waals surface area contributed by atoms with Crippen LogP contribution >= 0.6 is 0 Å². The van der Waals surface area contributed by atoms with E-state index in [4.69, 9.17) is 4.74 Å². The minimum atomic E-state index is -0.486. The Kier molecular flexibility index (Phi) is 6.12. The van der Waals surface area contributed by atoms with Gasteiger partial charge in [-0.1, -0.05) is 43.3 Å². The second kappa shape index (κ2) is 8.99. The summed E-state index contributed by atoms with van der Waals surface area (Å²) in [7, 11) is 0. The maximum atomic E-state index is 12.5. The number of hydrogen-bond donors (Lipinski definition) is 2. The second-order valence-electron chi connectivity index (χ2n) is 8.78. The summed E-state index contributed by atoms with van der Waals surface area (Å²) >= 11 is 0. The van der Waals surface area contributed by atoms with Gasteiger partial charge in [0.05, 0.1) is 18.4 Å². The summed E-state index contributed by atoms with van der Waals surface area (Å²) in [5.74, 6) is -0.109. The number of esters is 1. The van der Waals surface area contributed by atoms with Gasteiger partial charge in [-0.25, -0.2) is 0 Å². The number of nitrogens with one attached hydrogen (secondary N) is 2. The van der Waals surface area contributed by atoms with E-state index in [0.717, 1.165) is 23.1 Å². The first-order chi connectivity index (χ1) is 15.4. The van der Waals surface area contributed by atoms with Gasteiger partial charge in [-0.05, 0) is 54.7 Å². The highest BCUT2D eigenvalue weighted by atomic mass is 16.5. The van der Waals surface area contributed by atoms with E-state index in [1.165, 1.54) is 0 Å². The fourth-order valence-corrected chi connectivity index (χ4v) is 4.73. The SMILES string of the molecule is C=C1CC2COC(=O)C2(Cc2ccc(NC(=O)Cc3cccc(NC(=O)CC)c3)cc2)C1. The van der Waals surface area contributed by atoms with Crippen LogP contribution in [-0.4, -0.2) is 24.4 Å². The number of ether oxygens (including phenoxy) is 1. The Hall–Kier alpha value is -3.41. The van der Waals surface area contributed by atoms with Crippen LogP contribution in [0.1, 0.15) is 37.3 Å². The molecule has 0 bridgehead atoms. The lowest BCUT2D eigenvalue weighted by molar-refractivity contribution is -0.146. The molecule has 1 saturated heterocycles. The molecule has 2 fully saturated rings. The normalized spacial score (nSPS) is 21.7. The van der Waals surface area contributed by atoms with Crippen LogP contribution < -0.4 is 10.6 Å². The average Bonchev–Trinajstić information content (AvgIpc) is 3.23. The lowest BCUT2D eigenvalue weighted by atomic mass is 9.75. The minimum Gasteiger partial charge on any atom is -0.465 e. The van der Waals surface area contributed by atoms with Gasteiger partial charge >= 0.3 is 5.97 Å². The van der Waals surface area contributed by atoms with E-state index in [-0.39, 0.29) is 30.1 Å². The van der Waals surface area contributed by atoms with Gasteiger partial charge in [0.25, 0.3) is 0 Å². The highest BCUT2D eigenvalue weighted by Gasteiger charge is 2.55. The number of benzene rings is 2. The molecule has 0 spiro atoms. The van der Waals surface area contributed by atoms with E-state index in [2.05, 4.69) is 17.2 Å². The zero-order chi connectivity index (χ0) is 22.7. The molecule has 6 heteroatoms. The number of carbonyl (C=O) groups is 3. The number of allylic oxidation sites excluding steroid dienone is 1. The Morgan fingerprint density at radius 1 is 1.06 bits per heavy atom. The minimum absolute atomic E-state index is 0.0645. The van der Waals surface area contributed by atoms with Crippen molar-refractivity contribution in [1.82, 2.24) is 0 Å². The summed E-state index contributed by atoms with van der Waals surface area (Å²) in [5.41, 5.74) is 3.88. The highest BCUT2D eigenvalue weighted by Crippen LogP contribution is 2.52. The number of fused-ring (bicyclic) bond motifs is 1. The Balaban J connectivity index is 1.36. The molecule has 2 unspecified atom stereocenters. The summed E-state index contributed by atoms with van der Waals surface area (Å²) in [5, 5.41) is 5.71. The number of amides is 2. The monoisotopic (exact) mass is 432 g/mol. The van der Waals surface area contributed by atoms with E-state index in [9.17, 15) is 14.4 Å². The quantitative estimate of drug-likeness (QED) is 0.506. The van der Waals surface area contributed by atoms with Gasteiger partial charge in [-0.2, -0.15) is 0 Å². The molecule has 2 N–H and O–H groups in total. The summed E-state index contributed by atoms with van der Waals surface area (Å²) in [6, 6.07) is 14.9. The molecule has 2 aliphatic rings. The van der Waals surface area contributed by atoms with E-state index < -0.39 is 5.41 Å². The molecule has 1 heterocycles. The molecule has 1 aliphatic heterocycles. The molecule has 1 aliphatic carbocycles. The number of carbonyl (C=O) groups excluding carboxylic acids is 3. The highest BCUT2D eigenvalue weighted by molar-refractivity contribution is 5.93. The van der Waals surface area contributed by atoms with Crippen LogP contribution in [0.3, 0.4) is 0 Å². The molecule has 166 valence electrons. The van der Waals surface area contributed by atoms with Crippen LogP contribution in [0, 0.1) is 11.3 Å². The molecule has 2 aromatic rings. The molecule has 6 nitrogen and oxygen atoms in total. The fourth-order valence-electron chi connectivity index (χ4n) is 4.73. The molecule has 32 heavy (non-hydrogen) atoms. The third-order valence-corrected chi connectivity index (χ3v) is 6.36. The zero-order valence-electron chi connectivity index (χ0n) is 18.3. The van der Waals surface area contributed by atoms with Gasteiger partial charge in [0, 0.05) is 23.7 Å². The summed E-state index contributed by atoms with van der Waals surface area (Å²) in [4.78, 5) is 36.5. The number of anilines is 2. The largest absolute Gasteiger partial charge is 0.465 e. The van der Waals surface area contributed by atoms with Gasteiger partial charge in [-0.15, -0.1) is 0 Å². The first kappa shape index (κ1) is 21.8. The standard InChI is InChI=1S/C26H28N2O4/c1-3-23(29)28-22-6-4-5-19(12-22)13-24(30)27-21-9-7-18(8-10-21)15-26-14-17(2)11-20(26)16-32-25(26)31/h4-10,12,20H,2-3,11,13-16H2,1H3,(H,27,30)(H,28,29). The van der Waals surface area contributed by atoms with Gasteiger partial charge in [0.2, 0.25) is 11.8 Å². The molecule has 0 aromatic heterocycles. The molecule has 2 atom stereocenters. The van der Waals surface area contributed by atoms with Crippen molar-refractivity contribution in [2.24, 2.45) is 11.3 Å². The Bertz CT molecular complexity index is 1060. The van der Waals surface area contributed by atoms with Gasteiger partial charge in [0.15, 0.2) is 0 Å². The summed E-state index contributed by atoms with van der Waals surface area (Å²) < 4.78 is 5.35. The lowest BCUT2D eigenvalue weighted by Gasteiger charge is -2.24. The van der Waals surface area contributed by atoms with Crippen molar-refractivity contribution in [1.29, 1.82) is 0 Å². The van der Waals surface area contributed by atoms with Crippen LogP contribution in [0.5, 0.6) is 0 Å². The van der Waals surface area contributed by atoms with Gasteiger partial charge < -0.3 is 15.4 Å². The van der Waals surface area contributed by atoms with Crippen molar-refractivity contribution < 1.29 is 19.1 Å². The third-order valence-electron chi connectivity index (χ3n) is 6.36. The Morgan fingerprint density at radius 3 is 2.56 bits per heavy atom. The van der Waals surface area contributed by atoms with Crippen molar-refractivity contribution in [2.45, 2.75) is 39.0 Å². The smallest absolute Gasteiger partial charge is 0.313 e. The van der Waals surface area contributed by atoms with Crippen molar-refractivity contribution in [3.8, 4) is 0 Å². The van der Waals surface area contributed by atoms with Crippen LogP contribution in [0.15, 0.2) is 60.7 Å². The first-order valence-corrected chi connectivity index (χ1v) is 11.0. The molecule has 1 saturated carbocycles. The maximum absolute atomic E-state index is 12.5. The predicted octanol–water partition coefficient (Wildman–Crippen LogP) is 4.27. The third kappa shape index (κ3) is 4.59. The van der Waals surface area contributed by atoms with Crippen molar-refractivity contribution in [3.63, 3.8) is 0 Å². The van der Waals surface area contributed by atoms with E-state index in [1.54, 1.807) is 13.0 Å². The van der Waals surface area contributed by atoms with E-state index in [1.807, 2.05) is 42.5 Å². The summed E-state index contributed by atoms with van der Waals surface area (Å²) in [6.45, 7) is 6.36. The average molecular weight is 433 g/mol. The summed E-state index contributed by atoms with van der Waals surface area (Å²) in [6.07, 6.45) is 2.77. The van der Waals surface area contributed by atoms with Crippen molar-refractivity contribution in [2.75, 3.05) is 17.2 Å². The predicted molar refractivity (Wildman–Crippen MR) is 123 cm³/mol. The second-order valence-corrected chi connectivity index (χ2v) is 8.78. The van der Waals surface area contributed by atoms with E-state index >= 15 is 0 Å². The first-order valence-electron chi connectivity index (χ1n) is 11.0.